The number of carbonyl (C=O) groups excluding carboxylic acids is 1. The first-order chi connectivity index (χ1) is 12.6. The Kier molecular flexibility index (Phi) is 5.10. The minimum atomic E-state index is -4.59. The van der Waals surface area contributed by atoms with E-state index in [2.05, 4.69) is 5.32 Å². The molecule has 0 spiro atoms. The normalized spacial score (nSPS) is 18.4. The number of hydrogen-bond donors (Lipinski definition) is 1. The molecule has 0 saturated heterocycles. The third-order valence-corrected chi connectivity index (χ3v) is 5.61. The van der Waals surface area contributed by atoms with Crippen LogP contribution in [0.25, 0.3) is 11.1 Å². The van der Waals surface area contributed by atoms with Gasteiger partial charge in [-0.3, -0.25) is 4.79 Å². The number of benzene rings is 2. The summed E-state index contributed by atoms with van der Waals surface area (Å²) in [5.74, 6) is -1.18. The molecule has 8 heteroatoms. The van der Waals surface area contributed by atoms with E-state index >= 15 is 0 Å². The van der Waals surface area contributed by atoms with Crippen molar-refractivity contribution >= 4 is 21.4 Å². The predicted octanol–water partition coefficient (Wildman–Crippen LogP) is 4.26. The van der Waals surface area contributed by atoms with E-state index in [0.29, 0.717) is 5.56 Å². The molecular formula is C19H16F3NO3S. The zero-order valence-corrected chi connectivity index (χ0v) is 14.8. The number of allylic oxidation sites excluding steroid dienone is 1. The topological polar surface area (TPSA) is 63.2 Å². The molecule has 1 atom stereocenters. The molecule has 1 heterocycles. The van der Waals surface area contributed by atoms with Crippen LogP contribution in [0, 0.1) is 5.92 Å². The minimum Gasteiger partial charge on any atom is -0.326 e. The van der Waals surface area contributed by atoms with Gasteiger partial charge >= 0.3 is 6.18 Å². The second-order valence-corrected chi connectivity index (χ2v) is 8.23. The van der Waals surface area contributed by atoms with Gasteiger partial charge in [0.1, 0.15) is 0 Å². The van der Waals surface area contributed by atoms with E-state index in [0.717, 1.165) is 11.5 Å². The molecule has 2 aromatic rings. The number of amides is 1. The van der Waals surface area contributed by atoms with Gasteiger partial charge in [-0.2, -0.15) is 13.2 Å². The average Bonchev–Trinajstić information content (AvgIpc) is 2.93. The molecule has 0 fully saturated rings. The Balaban J connectivity index is 1.81. The highest BCUT2D eigenvalue weighted by atomic mass is 32.2. The van der Waals surface area contributed by atoms with E-state index < -0.39 is 33.4 Å². The number of alkyl halides is 3. The molecule has 0 bridgehead atoms. The van der Waals surface area contributed by atoms with Crippen LogP contribution in [0.5, 0.6) is 0 Å². The van der Waals surface area contributed by atoms with Gasteiger partial charge in [-0.15, -0.1) is 0 Å². The van der Waals surface area contributed by atoms with Crippen LogP contribution in [0.2, 0.25) is 0 Å². The van der Waals surface area contributed by atoms with Crippen LogP contribution in [-0.4, -0.2) is 20.1 Å². The summed E-state index contributed by atoms with van der Waals surface area (Å²) in [6.45, 7) is 0. The largest absolute Gasteiger partial charge is 0.417 e. The number of halogens is 3. The highest BCUT2D eigenvalue weighted by Gasteiger charge is 2.34. The molecule has 1 amide bonds. The number of anilines is 1. The molecule has 4 nitrogen and oxygen atoms in total. The van der Waals surface area contributed by atoms with E-state index in [9.17, 15) is 26.4 Å². The zero-order chi connectivity index (χ0) is 19.7. The molecule has 27 heavy (non-hydrogen) atoms. The fourth-order valence-corrected chi connectivity index (χ4v) is 4.34. The maximum absolute atomic E-state index is 13.5. The van der Waals surface area contributed by atoms with Gasteiger partial charge in [-0.05, 0) is 23.3 Å². The lowest BCUT2D eigenvalue weighted by molar-refractivity contribution is -0.137. The first-order valence-electron chi connectivity index (χ1n) is 8.11. The number of nitrogens with one attached hydrogen (secondary N) is 1. The Morgan fingerprint density at radius 3 is 2.41 bits per heavy atom. The van der Waals surface area contributed by atoms with Crippen molar-refractivity contribution in [3.8, 4) is 11.1 Å². The van der Waals surface area contributed by atoms with Crippen molar-refractivity contribution in [3.63, 3.8) is 0 Å². The first-order valence-corrected chi connectivity index (χ1v) is 9.83. The van der Waals surface area contributed by atoms with Crippen molar-refractivity contribution in [2.24, 2.45) is 5.92 Å². The quantitative estimate of drug-likeness (QED) is 0.841. The summed E-state index contributed by atoms with van der Waals surface area (Å²) < 4.78 is 63.2. The van der Waals surface area contributed by atoms with Gasteiger partial charge in [0.05, 0.1) is 11.3 Å². The Morgan fingerprint density at radius 1 is 1.11 bits per heavy atom. The zero-order valence-electron chi connectivity index (χ0n) is 14.0. The molecule has 0 saturated carbocycles. The fourth-order valence-electron chi connectivity index (χ4n) is 2.94. The fraction of sp³-hybridized carbons (Fsp3) is 0.211. The number of sulfone groups is 1. The number of rotatable bonds is 4. The lowest BCUT2D eigenvalue weighted by Crippen LogP contribution is -2.18. The Hall–Kier alpha value is -2.61. The second-order valence-electron chi connectivity index (χ2n) is 6.29. The van der Waals surface area contributed by atoms with Crippen molar-refractivity contribution in [2.75, 3.05) is 11.1 Å². The third-order valence-electron chi connectivity index (χ3n) is 4.15. The van der Waals surface area contributed by atoms with Gasteiger partial charge < -0.3 is 5.32 Å². The Labute approximate surface area is 154 Å². The van der Waals surface area contributed by atoms with Crippen molar-refractivity contribution in [1.29, 1.82) is 0 Å². The van der Waals surface area contributed by atoms with Crippen LogP contribution in [-0.2, 0) is 20.8 Å². The van der Waals surface area contributed by atoms with E-state index in [4.69, 9.17) is 0 Å². The number of carbonyl (C=O) groups is 1. The van der Waals surface area contributed by atoms with Crippen LogP contribution in [0.4, 0.5) is 18.9 Å². The van der Waals surface area contributed by atoms with Crippen molar-refractivity contribution in [1.82, 2.24) is 0 Å². The smallest absolute Gasteiger partial charge is 0.326 e. The van der Waals surface area contributed by atoms with Crippen molar-refractivity contribution < 1.29 is 26.4 Å². The summed E-state index contributed by atoms with van der Waals surface area (Å²) in [5, 5.41) is 3.48. The molecule has 3 rings (SSSR count). The molecule has 1 aliphatic heterocycles. The highest BCUT2D eigenvalue weighted by molar-refractivity contribution is 7.94. The van der Waals surface area contributed by atoms with Crippen LogP contribution >= 0.6 is 0 Å². The lowest BCUT2D eigenvalue weighted by atomic mass is 9.98. The van der Waals surface area contributed by atoms with Crippen molar-refractivity contribution in [3.05, 3.63) is 65.6 Å². The van der Waals surface area contributed by atoms with Crippen LogP contribution in [0.3, 0.4) is 0 Å². The van der Waals surface area contributed by atoms with E-state index in [1.807, 2.05) is 0 Å². The molecule has 0 aliphatic carbocycles. The van der Waals surface area contributed by atoms with Gasteiger partial charge in [0, 0.05) is 23.4 Å². The molecule has 0 unspecified atom stereocenters. The van der Waals surface area contributed by atoms with Crippen LogP contribution in [0.15, 0.2) is 60.0 Å². The summed E-state index contributed by atoms with van der Waals surface area (Å²) in [5.41, 5.74) is -0.401. The summed E-state index contributed by atoms with van der Waals surface area (Å²) in [7, 11) is -3.29. The summed E-state index contributed by atoms with van der Waals surface area (Å²) in [4.78, 5) is 12.1. The van der Waals surface area contributed by atoms with Gasteiger partial charge in [0.2, 0.25) is 5.91 Å². The van der Waals surface area contributed by atoms with E-state index in [1.165, 1.54) is 18.2 Å². The van der Waals surface area contributed by atoms with Gasteiger partial charge in [0.25, 0.3) is 0 Å². The van der Waals surface area contributed by atoms with Gasteiger partial charge in [-0.1, -0.05) is 42.5 Å². The maximum atomic E-state index is 13.5. The molecule has 142 valence electrons. The summed E-state index contributed by atoms with van der Waals surface area (Å²) >= 11 is 0. The standard InChI is InChI=1S/C19H16F3NO3S/c20-19(21,22)17-11-15(6-7-16(17)14-4-2-1-3-5-14)23-18(24)10-13-8-9-27(25,26)12-13/h1-9,11,13H,10,12H2,(H,23,24)/t13-/m0/s1. The molecule has 2 aromatic carbocycles. The van der Waals surface area contributed by atoms with Crippen LogP contribution in [0.1, 0.15) is 12.0 Å². The lowest BCUT2D eigenvalue weighted by Gasteiger charge is -2.16. The van der Waals surface area contributed by atoms with E-state index in [1.54, 1.807) is 30.3 Å². The average molecular weight is 395 g/mol. The molecule has 0 radical (unpaired) electrons. The minimum absolute atomic E-state index is 0.0110. The summed E-state index contributed by atoms with van der Waals surface area (Å²) in [6, 6.07) is 11.8. The van der Waals surface area contributed by atoms with Crippen molar-refractivity contribution in [2.45, 2.75) is 12.6 Å². The van der Waals surface area contributed by atoms with Crippen LogP contribution < -0.4 is 5.32 Å². The predicted molar refractivity (Wildman–Crippen MR) is 96.5 cm³/mol. The van der Waals surface area contributed by atoms with Gasteiger partial charge in [-0.25, -0.2) is 8.42 Å². The Bertz CT molecular complexity index is 983. The maximum Gasteiger partial charge on any atom is 0.417 e. The third kappa shape index (κ3) is 4.77. The highest BCUT2D eigenvalue weighted by Crippen LogP contribution is 2.38. The molecule has 0 aromatic heterocycles. The monoisotopic (exact) mass is 395 g/mol. The summed E-state index contributed by atoms with van der Waals surface area (Å²) in [6.07, 6.45) is -3.28. The molecule has 1 N–H and O–H groups in total. The van der Waals surface area contributed by atoms with E-state index in [-0.39, 0.29) is 23.4 Å². The number of hydrogen-bond acceptors (Lipinski definition) is 3. The molecule has 1 aliphatic rings. The second kappa shape index (κ2) is 7.19. The van der Waals surface area contributed by atoms with Gasteiger partial charge in [0.15, 0.2) is 9.84 Å². The molecular weight excluding hydrogens is 379 g/mol. The SMILES string of the molecule is O=C(C[C@@H]1C=CS(=O)(=O)C1)Nc1ccc(-c2ccccc2)c(C(F)(F)F)c1. The first kappa shape index (κ1) is 19.2. The Morgan fingerprint density at radius 2 is 1.81 bits per heavy atom.